The molecule has 3 atom stereocenters. The van der Waals surface area contributed by atoms with E-state index in [4.69, 9.17) is 9.57 Å². The highest BCUT2D eigenvalue weighted by Gasteiger charge is 2.42. The van der Waals surface area contributed by atoms with Crippen molar-refractivity contribution in [2.75, 3.05) is 25.5 Å². The van der Waals surface area contributed by atoms with E-state index < -0.39 is 0 Å². The van der Waals surface area contributed by atoms with Gasteiger partial charge in [-0.25, -0.2) is 4.79 Å². The molecule has 2 saturated heterocycles. The third kappa shape index (κ3) is 5.33. The number of carbonyl (C=O) groups is 2. The molecule has 2 heterocycles. The van der Waals surface area contributed by atoms with Gasteiger partial charge in [0.2, 0.25) is 0 Å². The number of fused-ring (bicyclic) bond motifs is 1. The van der Waals surface area contributed by atoms with E-state index in [1.54, 1.807) is 0 Å². The van der Waals surface area contributed by atoms with E-state index in [9.17, 15) is 9.59 Å². The highest BCUT2D eigenvalue weighted by Crippen LogP contribution is 2.33. The van der Waals surface area contributed by atoms with Gasteiger partial charge in [-0.2, -0.15) is 17.2 Å². The average molecular weight is 331 g/mol. The van der Waals surface area contributed by atoms with E-state index >= 15 is 0 Å². The van der Waals surface area contributed by atoms with E-state index in [1.807, 2.05) is 18.7 Å². The number of carbonyl (C=O) groups excluding carboxylic acids is 2. The number of nitrogens with one attached hydrogen (secondary N) is 3. The van der Waals surface area contributed by atoms with Gasteiger partial charge in [0.05, 0.1) is 25.2 Å². The Labute approximate surface area is 135 Å². The first kappa shape index (κ1) is 17.4. The Hall–Kier alpha value is -0.990. The first-order valence-electron chi connectivity index (χ1n) is 7.89. The quantitative estimate of drug-likeness (QED) is 0.312. The van der Waals surface area contributed by atoms with E-state index in [-0.39, 0.29) is 24.1 Å². The van der Waals surface area contributed by atoms with Gasteiger partial charge in [-0.15, -0.1) is 0 Å². The summed E-state index contributed by atoms with van der Waals surface area (Å²) >= 11 is 1.90. The molecule has 2 aliphatic rings. The predicted octanol–water partition coefficient (Wildman–Crippen LogP) is 0.797. The predicted molar refractivity (Wildman–Crippen MR) is 84.5 cm³/mol. The van der Waals surface area contributed by atoms with E-state index in [0.717, 1.165) is 25.0 Å². The minimum Gasteiger partial charge on any atom is -0.380 e. The minimum absolute atomic E-state index is 0.0537. The summed E-state index contributed by atoms with van der Waals surface area (Å²) in [5.41, 5.74) is 2.60. The largest absolute Gasteiger partial charge is 0.380 e. The molecule has 0 bridgehead atoms. The molecule has 0 spiro atoms. The molecule has 0 radical (unpaired) electrons. The molecule has 2 amide bonds. The maximum atomic E-state index is 11.5. The summed E-state index contributed by atoms with van der Waals surface area (Å²) in [7, 11) is 0. The Morgan fingerprint density at radius 3 is 3.09 bits per heavy atom. The molecule has 0 aliphatic carbocycles. The van der Waals surface area contributed by atoms with Crippen LogP contribution in [0.1, 0.15) is 32.6 Å². The smallest absolute Gasteiger partial charge is 0.324 e. The van der Waals surface area contributed by atoms with Gasteiger partial charge < -0.3 is 20.2 Å². The first-order valence-corrected chi connectivity index (χ1v) is 8.94. The van der Waals surface area contributed by atoms with Gasteiger partial charge in [-0.05, 0) is 19.8 Å². The third-order valence-electron chi connectivity index (χ3n) is 3.80. The van der Waals surface area contributed by atoms with Gasteiger partial charge in [0, 0.05) is 24.0 Å². The SMILES string of the molecule is CCOCCNOC(=O)CCCCC1SCC2NC(=O)NC21. The number of thioether (sulfide) groups is 1. The molecule has 3 N–H and O–H groups in total. The van der Waals surface area contributed by atoms with Gasteiger partial charge in [-0.1, -0.05) is 6.42 Å². The number of unbranched alkanes of at least 4 members (excludes halogenated alkanes) is 1. The molecule has 7 nitrogen and oxygen atoms in total. The zero-order valence-electron chi connectivity index (χ0n) is 12.9. The average Bonchev–Trinajstić information content (AvgIpc) is 3.03. The van der Waals surface area contributed by atoms with Gasteiger partial charge >= 0.3 is 12.0 Å². The first-order chi connectivity index (χ1) is 10.7. The topological polar surface area (TPSA) is 88.7 Å². The Bertz CT molecular complexity index is 383. The Morgan fingerprint density at radius 1 is 1.41 bits per heavy atom. The van der Waals surface area contributed by atoms with Gasteiger partial charge in [-0.3, -0.25) is 4.79 Å². The number of urea groups is 1. The maximum Gasteiger partial charge on any atom is 0.324 e. The second-order valence-electron chi connectivity index (χ2n) is 5.43. The summed E-state index contributed by atoms with van der Waals surface area (Å²) < 4.78 is 5.12. The van der Waals surface area contributed by atoms with Crippen LogP contribution >= 0.6 is 11.8 Å². The minimum atomic E-state index is -0.232. The lowest BCUT2D eigenvalue weighted by Crippen LogP contribution is -2.36. The van der Waals surface area contributed by atoms with Crippen molar-refractivity contribution in [2.45, 2.75) is 49.9 Å². The summed E-state index contributed by atoms with van der Waals surface area (Å²) in [5, 5.41) is 6.35. The molecule has 2 fully saturated rings. The van der Waals surface area contributed by atoms with Crippen molar-refractivity contribution >= 4 is 23.8 Å². The lowest BCUT2D eigenvalue weighted by molar-refractivity contribution is -0.151. The third-order valence-corrected chi connectivity index (χ3v) is 5.30. The zero-order valence-corrected chi connectivity index (χ0v) is 13.7. The number of hydrogen-bond donors (Lipinski definition) is 3. The molecule has 126 valence electrons. The fourth-order valence-corrected chi connectivity index (χ4v) is 4.24. The standard InChI is InChI=1S/C14H25N3O4S/c1-2-20-8-7-15-21-12(18)6-4-3-5-11-13-10(9-22-11)16-14(19)17-13/h10-11,13,15H,2-9H2,1H3,(H2,16,17,19). The molecule has 3 unspecified atom stereocenters. The molecule has 0 aromatic rings. The van der Waals surface area contributed by atoms with Crippen LogP contribution in [0.2, 0.25) is 0 Å². The number of amides is 2. The molecule has 8 heteroatoms. The lowest BCUT2D eigenvalue weighted by Gasteiger charge is -2.16. The Morgan fingerprint density at radius 2 is 2.27 bits per heavy atom. The van der Waals surface area contributed by atoms with Crippen molar-refractivity contribution in [3.05, 3.63) is 0 Å². The van der Waals surface area contributed by atoms with Crippen LogP contribution in [0.3, 0.4) is 0 Å². The summed E-state index contributed by atoms with van der Waals surface area (Å²) in [6, 6.07) is 0.452. The fourth-order valence-electron chi connectivity index (χ4n) is 2.70. The van der Waals surface area contributed by atoms with Crippen molar-refractivity contribution in [3.63, 3.8) is 0 Å². The van der Waals surface area contributed by atoms with Crippen molar-refractivity contribution in [1.82, 2.24) is 16.1 Å². The van der Waals surface area contributed by atoms with Gasteiger partial charge in [0.1, 0.15) is 0 Å². The monoisotopic (exact) mass is 331 g/mol. The van der Waals surface area contributed by atoms with Crippen LogP contribution in [-0.4, -0.2) is 54.8 Å². The summed E-state index contributed by atoms with van der Waals surface area (Å²) in [5.74, 6) is 0.740. The Balaban J connectivity index is 1.49. The molecule has 2 rings (SSSR count). The van der Waals surface area contributed by atoms with Crippen LogP contribution in [0.15, 0.2) is 0 Å². The molecule has 0 saturated carbocycles. The highest BCUT2D eigenvalue weighted by molar-refractivity contribution is 8.00. The zero-order chi connectivity index (χ0) is 15.8. The van der Waals surface area contributed by atoms with Crippen LogP contribution in [0.25, 0.3) is 0 Å². The van der Waals surface area contributed by atoms with Crippen molar-refractivity contribution < 1.29 is 19.2 Å². The van der Waals surface area contributed by atoms with Crippen molar-refractivity contribution in [1.29, 1.82) is 0 Å². The van der Waals surface area contributed by atoms with Crippen LogP contribution in [-0.2, 0) is 14.4 Å². The van der Waals surface area contributed by atoms with Crippen LogP contribution in [0.5, 0.6) is 0 Å². The fraction of sp³-hybridized carbons (Fsp3) is 0.857. The summed E-state index contributed by atoms with van der Waals surface area (Å²) in [4.78, 5) is 27.7. The molecule has 22 heavy (non-hydrogen) atoms. The molecular formula is C14H25N3O4S. The second-order valence-corrected chi connectivity index (χ2v) is 6.71. The number of rotatable bonds is 10. The van der Waals surface area contributed by atoms with Gasteiger partial charge in [0.15, 0.2) is 0 Å². The number of ether oxygens (including phenoxy) is 1. The van der Waals surface area contributed by atoms with Crippen LogP contribution in [0, 0.1) is 0 Å². The van der Waals surface area contributed by atoms with Crippen molar-refractivity contribution in [3.8, 4) is 0 Å². The molecule has 0 aromatic carbocycles. The molecule has 0 aromatic heterocycles. The molecule has 2 aliphatic heterocycles. The van der Waals surface area contributed by atoms with E-state index in [1.165, 1.54) is 0 Å². The van der Waals surface area contributed by atoms with Gasteiger partial charge in [0.25, 0.3) is 0 Å². The van der Waals surface area contributed by atoms with Crippen LogP contribution in [0.4, 0.5) is 4.79 Å². The summed E-state index contributed by atoms with van der Waals surface area (Å²) in [6.07, 6.45) is 3.20. The summed E-state index contributed by atoms with van der Waals surface area (Å²) in [6.45, 7) is 3.62. The molecular weight excluding hydrogens is 306 g/mol. The van der Waals surface area contributed by atoms with E-state index in [0.29, 0.717) is 31.4 Å². The van der Waals surface area contributed by atoms with Crippen LogP contribution < -0.4 is 16.1 Å². The number of hydroxylamine groups is 1. The second kappa shape index (κ2) is 9.22. The highest BCUT2D eigenvalue weighted by atomic mass is 32.2. The number of hydrogen-bond acceptors (Lipinski definition) is 6. The Kier molecular flexibility index (Phi) is 7.28. The normalized spacial score (nSPS) is 26.4. The maximum absolute atomic E-state index is 11.5. The lowest BCUT2D eigenvalue weighted by atomic mass is 10.0. The van der Waals surface area contributed by atoms with Crippen molar-refractivity contribution in [2.24, 2.45) is 0 Å². The van der Waals surface area contributed by atoms with E-state index in [2.05, 4.69) is 16.1 Å².